The number of benzene rings is 1. The molecule has 1 aliphatic heterocycles. The minimum Gasteiger partial charge on any atom is -0.378 e. The van der Waals surface area contributed by atoms with Gasteiger partial charge in [-0.2, -0.15) is 4.31 Å². The Bertz CT molecular complexity index is 1100. The lowest BCUT2D eigenvalue weighted by Crippen LogP contribution is -2.42. The van der Waals surface area contributed by atoms with Crippen LogP contribution in [0.1, 0.15) is 42.5 Å². The molecule has 162 valence electrons. The highest BCUT2D eigenvalue weighted by Gasteiger charge is 2.30. The van der Waals surface area contributed by atoms with E-state index in [0.29, 0.717) is 31.8 Å². The summed E-state index contributed by atoms with van der Waals surface area (Å²) in [6.07, 6.45) is 6.29. The van der Waals surface area contributed by atoms with Crippen molar-refractivity contribution >= 4 is 26.8 Å². The zero-order chi connectivity index (χ0) is 21.3. The minimum absolute atomic E-state index is 0.0135. The van der Waals surface area contributed by atoms with E-state index in [9.17, 15) is 18.0 Å². The van der Waals surface area contributed by atoms with Crippen LogP contribution in [-0.4, -0.2) is 67.9 Å². The third-order valence-electron chi connectivity index (χ3n) is 6.15. The molecule has 2 aliphatic rings. The van der Waals surface area contributed by atoms with Gasteiger partial charge in [-0.25, -0.2) is 8.42 Å². The fourth-order valence-electron chi connectivity index (χ4n) is 4.26. The molecule has 4 rings (SSSR count). The molecule has 30 heavy (non-hydrogen) atoms. The van der Waals surface area contributed by atoms with Crippen molar-refractivity contribution in [2.45, 2.75) is 43.0 Å². The van der Waals surface area contributed by atoms with Crippen molar-refractivity contribution in [3.63, 3.8) is 0 Å². The maximum atomic E-state index is 13.2. The van der Waals surface area contributed by atoms with Gasteiger partial charge in [0.15, 0.2) is 0 Å². The van der Waals surface area contributed by atoms with Crippen LogP contribution in [0.2, 0.25) is 0 Å². The van der Waals surface area contributed by atoms with Crippen LogP contribution in [0.5, 0.6) is 0 Å². The number of amides is 1. The van der Waals surface area contributed by atoms with Crippen LogP contribution in [-0.2, 0) is 14.8 Å². The predicted molar refractivity (Wildman–Crippen MR) is 113 cm³/mol. The van der Waals surface area contributed by atoms with Crippen molar-refractivity contribution in [1.82, 2.24) is 14.2 Å². The second-order valence-electron chi connectivity index (χ2n) is 7.96. The van der Waals surface area contributed by atoms with Crippen LogP contribution in [0.4, 0.5) is 0 Å². The van der Waals surface area contributed by atoms with Crippen molar-refractivity contribution in [3.8, 4) is 0 Å². The van der Waals surface area contributed by atoms with E-state index in [4.69, 9.17) is 4.74 Å². The number of H-pyrrole nitrogens is 1. The Hall–Kier alpha value is -2.23. The Morgan fingerprint density at radius 2 is 1.87 bits per heavy atom. The monoisotopic (exact) mass is 433 g/mol. The molecule has 1 saturated heterocycles. The van der Waals surface area contributed by atoms with Crippen LogP contribution >= 0.6 is 0 Å². The Morgan fingerprint density at radius 1 is 1.17 bits per heavy atom. The van der Waals surface area contributed by atoms with Gasteiger partial charge in [0.1, 0.15) is 5.56 Å². The molecule has 1 N–H and O–H groups in total. The lowest BCUT2D eigenvalue weighted by Gasteiger charge is -2.30. The van der Waals surface area contributed by atoms with Crippen molar-refractivity contribution in [1.29, 1.82) is 0 Å². The summed E-state index contributed by atoms with van der Waals surface area (Å²) >= 11 is 0. The lowest BCUT2D eigenvalue weighted by molar-refractivity contribution is 0.0302. The lowest BCUT2D eigenvalue weighted by atomic mass is 9.96. The van der Waals surface area contributed by atoms with Gasteiger partial charge in [-0.3, -0.25) is 9.59 Å². The molecule has 0 bridgehead atoms. The molecular weight excluding hydrogens is 406 g/mol. The molecule has 0 unspecified atom stereocenters. The molecule has 0 spiro atoms. The molecule has 1 saturated carbocycles. The van der Waals surface area contributed by atoms with E-state index >= 15 is 0 Å². The largest absolute Gasteiger partial charge is 0.378 e. The molecule has 1 aliphatic carbocycles. The van der Waals surface area contributed by atoms with Crippen LogP contribution in [0, 0.1) is 0 Å². The number of carbonyl (C=O) groups excluding carboxylic acids is 1. The number of morpholine rings is 1. The van der Waals surface area contributed by atoms with Gasteiger partial charge in [-0.15, -0.1) is 0 Å². The summed E-state index contributed by atoms with van der Waals surface area (Å²) in [5.41, 5.74) is 0.0509. The summed E-state index contributed by atoms with van der Waals surface area (Å²) in [5.74, 6) is -0.367. The number of hydrogen-bond donors (Lipinski definition) is 1. The average Bonchev–Trinajstić information content (AvgIpc) is 2.79. The molecule has 1 aromatic carbocycles. The molecule has 2 aromatic rings. The number of rotatable bonds is 4. The highest BCUT2D eigenvalue weighted by molar-refractivity contribution is 7.89. The minimum atomic E-state index is -3.73. The molecule has 9 heteroatoms. The number of nitrogens with zero attached hydrogens (tertiary/aromatic N) is 2. The van der Waals surface area contributed by atoms with E-state index in [1.54, 1.807) is 18.0 Å². The van der Waals surface area contributed by atoms with Gasteiger partial charge in [0.25, 0.3) is 5.91 Å². The second-order valence-corrected chi connectivity index (χ2v) is 9.95. The molecule has 0 atom stereocenters. The normalized spacial score (nSPS) is 18.8. The quantitative estimate of drug-likeness (QED) is 0.795. The fourth-order valence-corrected chi connectivity index (χ4v) is 5.70. The van der Waals surface area contributed by atoms with E-state index in [1.807, 2.05) is 0 Å². The summed E-state index contributed by atoms with van der Waals surface area (Å²) in [6.45, 7) is 1.73. The number of fused-ring (bicyclic) bond motifs is 1. The molecule has 0 radical (unpaired) electrons. The Kier molecular flexibility index (Phi) is 5.95. The number of carbonyl (C=O) groups is 1. The summed E-state index contributed by atoms with van der Waals surface area (Å²) in [6, 6.07) is 4.46. The summed E-state index contributed by atoms with van der Waals surface area (Å²) < 4.78 is 33.0. The van der Waals surface area contributed by atoms with Gasteiger partial charge in [-0.1, -0.05) is 19.3 Å². The zero-order valence-corrected chi connectivity index (χ0v) is 17.9. The van der Waals surface area contributed by atoms with Crippen LogP contribution in [0.15, 0.2) is 34.1 Å². The smallest absolute Gasteiger partial charge is 0.259 e. The van der Waals surface area contributed by atoms with Gasteiger partial charge in [0.05, 0.1) is 18.1 Å². The SMILES string of the molecule is CN(C1CCCCC1)S(=O)(=O)c1ccc2[nH]cc(C(=O)N3CCOCC3)c(=O)c2c1. The van der Waals surface area contributed by atoms with E-state index in [0.717, 1.165) is 32.1 Å². The Morgan fingerprint density at radius 3 is 2.57 bits per heavy atom. The standard InChI is InChI=1S/C21H27N3O5S/c1-23(15-5-3-2-4-6-15)30(27,28)16-7-8-19-17(13-16)20(25)18(14-22-19)21(26)24-9-11-29-12-10-24/h7-8,13-15H,2-6,9-12H2,1H3,(H,22,25). The predicted octanol–water partition coefficient (Wildman–Crippen LogP) is 1.95. The average molecular weight is 434 g/mol. The highest BCUT2D eigenvalue weighted by Crippen LogP contribution is 2.27. The summed E-state index contributed by atoms with van der Waals surface area (Å²) in [5, 5.41) is 0.201. The first-order chi connectivity index (χ1) is 14.4. The third-order valence-corrected chi connectivity index (χ3v) is 8.05. The first kappa shape index (κ1) is 21.0. The number of nitrogens with one attached hydrogen (secondary N) is 1. The number of sulfonamides is 1. The van der Waals surface area contributed by atoms with Crippen LogP contribution < -0.4 is 5.43 Å². The van der Waals surface area contributed by atoms with Gasteiger partial charge >= 0.3 is 0 Å². The summed E-state index contributed by atoms with van der Waals surface area (Å²) in [7, 11) is -2.12. The number of aromatic amines is 1. The van der Waals surface area contributed by atoms with Crippen molar-refractivity contribution in [2.75, 3.05) is 33.4 Å². The molecule has 1 amide bonds. The van der Waals surface area contributed by atoms with Crippen molar-refractivity contribution in [2.24, 2.45) is 0 Å². The van der Waals surface area contributed by atoms with Crippen molar-refractivity contribution in [3.05, 3.63) is 40.2 Å². The third kappa shape index (κ3) is 3.89. The maximum Gasteiger partial charge on any atom is 0.259 e. The molecule has 2 heterocycles. The molecule has 2 fully saturated rings. The number of aromatic nitrogens is 1. The van der Waals surface area contributed by atoms with E-state index in [-0.39, 0.29) is 27.8 Å². The van der Waals surface area contributed by atoms with Crippen molar-refractivity contribution < 1.29 is 17.9 Å². The first-order valence-corrected chi connectivity index (χ1v) is 11.8. The Labute approximate surface area is 175 Å². The van der Waals surface area contributed by atoms with Gasteiger partial charge in [-0.05, 0) is 31.0 Å². The Balaban J connectivity index is 1.70. The molecular formula is C21H27N3O5S. The first-order valence-electron chi connectivity index (χ1n) is 10.4. The van der Waals surface area contributed by atoms with Gasteiger partial charge in [0, 0.05) is 43.3 Å². The maximum absolute atomic E-state index is 13.2. The van der Waals surface area contributed by atoms with Gasteiger partial charge < -0.3 is 14.6 Å². The molecule has 1 aromatic heterocycles. The fraction of sp³-hybridized carbons (Fsp3) is 0.524. The van der Waals surface area contributed by atoms with E-state index in [1.165, 1.54) is 22.6 Å². The number of ether oxygens (including phenoxy) is 1. The topological polar surface area (TPSA) is 99.8 Å². The zero-order valence-electron chi connectivity index (χ0n) is 17.1. The van der Waals surface area contributed by atoms with Gasteiger partial charge in [0.2, 0.25) is 15.5 Å². The second kappa shape index (κ2) is 8.49. The number of hydrogen-bond acceptors (Lipinski definition) is 5. The molecule has 8 nitrogen and oxygen atoms in total. The van der Waals surface area contributed by atoms with Crippen LogP contribution in [0.25, 0.3) is 10.9 Å². The highest BCUT2D eigenvalue weighted by atomic mass is 32.2. The summed E-state index contributed by atoms with van der Waals surface area (Å²) in [4.78, 5) is 30.5. The van der Waals surface area contributed by atoms with Crippen LogP contribution in [0.3, 0.4) is 0 Å². The van der Waals surface area contributed by atoms with E-state index < -0.39 is 15.5 Å². The number of pyridine rings is 1. The van der Waals surface area contributed by atoms with E-state index in [2.05, 4.69) is 4.98 Å².